The van der Waals surface area contributed by atoms with Crippen molar-refractivity contribution in [3.8, 4) is 0 Å². The number of nitrogens with one attached hydrogen (secondary N) is 1. The molecule has 90 valence electrons. The topological polar surface area (TPSA) is 12.0 Å². The van der Waals surface area contributed by atoms with Crippen LogP contribution in [0.15, 0.2) is 0 Å². The highest BCUT2D eigenvalue weighted by molar-refractivity contribution is 4.83. The summed E-state index contributed by atoms with van der Waals surface area (Å²) in [6, 6.07) is 0. The molecular weight excluding hydrogens is 182 g/mol. The Bertz CT molecular complexity index is 155. The molecule has 0 aromatic rings. The van der Waals surface area contributed by atoms with Gasteiger partial charge in [-0.05, 0) is 37.1 Å². The first-order valence-corrected chi connectivity index (χ1v) is 6.97. The lowest BCUT2D eigenvalue weighted by molar-refractivity contribution is 0.189. The zero-order valence-corrected chi connectivity index (χ0v) is 10.9. The molecule has 0 saturated heterocycles. The second-order valence-corrected chi connectivity index (χ2v) is 5.34. The zero-order chi connectivity index (χ0) is 11.1. The standard InChI is InChI=1S/C14H29N/c1-4-14(5-2,12-15-6-3)11-13-9-7-8-10-13/h13,15H,4-12H2,1-3H3. The lowest BCUT2D eigenvalue weighted by Crippen LogP contribution is -2.35. The molecule has 1 N–H and O–H groups in total. The molecule has 1 saturated carbocycles. The molecule has 1 heteroatoms. The van der Waals surface area contributed by atoms with Gasteiger partial charge in [0.15, 0.2) is 0 Å². The maximum atomic E-state index is 3.56. The van der Waals surface area contributed by atoms with Crippen LogP contribution in [-0.4, -0.2) is 13.1 Å². The van der Waals surface area contributed by atoms with Crippen molar-refractivity contribution in [1.29, 1.82) is 0 Å². The van der Waals surface area contributed by atoms with Crippen LogP contribution in [0.5, 0.6) is 0 Å². The summed E-state index contributed by atoms with van der Waals surface area (Å²) in [7, 11) is 0. The van der Waals surface area contributed by atoms with Crippen molar-refractivity contribution < 1.29 is 0 Å². The molecule has 0 aromatic carbocycles. The number of hydrogen-bond acceptors (Lipinski definition) is 1. The van der Waals surface area contributed by atoms with Crippen molar-refractivity contribution >= 4 is 0 Å². The van der Waals surface area contributed by atoms with E-state index in [2.05, 4.69) is 26.1 Å². The molecule has 0 aliphatic heterocycles. The van der Waals surface area contributed by atoms with E-state index in [0.717, 1.165) is 12.5 Å². The minimum atomic E-state index is 0.588. The number of rotatable bonds is 7. The van der Waals surface area contributed by atoms with Gasteiger partial charge < -0.3 is 5.32 Å². The minimum Gasteiger partial charge on any atom is -0.316 e. The predicted molar refractivity (Wildman–Crippen MR) is 68.1 cm³/mol. The summed E-state index contributed by atoms with van der Waals surface area (Å²) in [5, 5.41) is 3.56. The Morgan fingerprint density at radius 3 is 2.13 bits per heavy atom. The van der Waals surface area contributed by atoms with Gasteiger partial charge in [0, 0.05) is 6.54 Å². The molecule has 0 bridgehead atoms. The van der Waals surface area contributed by atoms with E-state index in [9.17, 15) is 0 Å². The second-order valence-electron chi connectivity index (χ2n) is 5.34. The van der Waals surface area contributed by atoms with E-state index in [1.54, 1.807) is 0 Å². The highest BCUT2D eigenvalue weighted by Crippen LogP contribution is 2.39. The van der Waals surface area contributed by atoms with Gasteiger partial charge in [-0.1, -0.05) is 46.5 Å². The molecule has 1 fully saturated rings. The minimum absolute atomic E-state index is 0.588. The molecule has 0 radical (unpaired) electrons. The predicted octanol–water partition coefficient (Wildman–Crippen LogP) is 3.98. The van der Waals surface area contributed by atoms with Crippen molar-refractivity contribution in [2.24, 2.45) is 11.3 Å². The normalized spacial score (nSPS) is 18.6. The average Bonchev–Trinajstić information content (AvgIpc) is 2.77. The van der Waals surface area contributed by atoms with Crippen LogP contribution < -0.4 is 5.32 Å². The van der Waals surface area contributed by atoms with Crippen molar-refractivity contribution in [3.05, 3.63) is 0 Å². The molecule has 1 rings (SSSR count). The Morgan fingerprint density at radius 2 is 1.67 bits per heavy atom. The summed E-state index contributed by atoms with van der Waals surface area (Å²) in [4.78, 5) is 0. The third kappa shape index (κ3) is 3.79. The van der Waals surface area contributed by atoms with Gasteiger partial charge in [-0.25, -0.2) is 0 Å². The van der Waals surface area contributed by atoms with E-state index in [0.29, 0.717) is 5.41 Å². The second kappa shape index (κ2) is 6.52. The third-order valence-corrected chi connectivity index (χ3v) is 4.45. The largest absolute Gasteiger partial charge is 0.316 e. The first-order valence-electron chi connectivity index (χ1n) is 6.97. The van der Waals surface area contributed by atoms with E-state index in [1.807, 2.05) is 0 Å². The molecular formula is C14H29N. The fraction of sp³-hybridized carbons (Fsp3) is 1.00. The van der Waals surface area contributed by atoms with Crippen LogP contribution in [0, 0.1) is 11.3 Å². The van der Waals surface area contributed by atoms with Crippen molar-refractivity contribution in [2.45, 2.75) is 65.7 Å². The smallest absolute Gasteiger partial charge is 0.000759 e. The maximum Gasteiger partial charge on any atom is 0.000759 e. The maximum absolute atomic E-state index is 3.56. The molecule has 0 amide bonds. The summed E-state index contributed by atoms with van der Waals surface area (Å²) >= 11 is 0. The van der Waals surface area contributed by atoms with Gasteiger partial charge in [0.1, 0.15) is 0 Å². The van der Waals surface area contributed by atoms with E-state index in [4.69, 9.17) is 0 Å². The van der Waals surface area contributed by atoms with Gasteiger partial charge in [0.2, 0.25) is 0 Å². The van der Waals surface area contributed by atoms with E-state index >= 15 is 0 Å². The molecule has 0 heterocycles. The Morgan fingerprint density at radius 1 is 1.07 bits per heavy atom. The average molecular weight is 211 g/mol. The van der Waals surface area contributed by atoms with Crippen LogP contribution in [0.25, 0.3) is 0 Å². The fourth-order valence-corrected chi connectivity index (χ4v) is 3.08. The lowest BCUT2D eigenvalue weighted by atomic mass is 9.74. The zero-order valence-electron chi connectivity index (χ0n) is 10.9. The van der Waals surface area contributed by atoms with E-state index in [-0.39, 0.29) is 0 Å². The third-order valence-electron chi connectivity index (χ3n) is 4.45. The molecule has 0 aromatic heterocycles. The van der Waals surface area contributed by atoms with Crippen LogP contribution >= 0.6 is 0 Å². The molecule has 0 atom stereocenters. The van der Waals surface area contributed by atoms with E-state index in [1.165, 1.54) is 51.5 Å². The highest BCUT2D eigenvalue weighted by Gasteiger charge is 2.30. The Kier molecular flexibility index (Phi) is 5.66. The lowest BCUT2D eigenvalue weighted by Gasteiger charge is -2.34. The summed E-state index contributed by atoms with van der Waals surface area (Å²) < 4.78 is 0. The molecule has 15 heavy (non-hydrogen) atoms. The molecule has 1 aliphatic rings. The van der Waals surface area contributed by atoms with Crippen LogP contribution in [0.2, 0.25) is 0 Å². The van der Waals surface area contributed by atoms with E-state index < -0.39 is 0 Å². The first kappa shape index (κ1) is 13.0. The molecule has 0 unspecified atom stereocenters. The summed E-state index contributed by atoms with van der Waals surface area (Å²) in [5.41, 5.74) is 0.588. The number of hydrogen-bond donors (Lipinski definition) is 1. The first-order chi connectivity index (χ1) is 7.26. The van der Waals surface area contributed by atoms with Crippen molar-refractivity contribution in [2.75, 3.05) is 13.1 Å². The molecule has 1 aliphatic carbocycles. The van der Waals surface area contributed by atoms with Crippen LogP contribution in [0.4, 0.5) is 0 Å². The van der Waals surface area contributed by atoms with Gasteiger partial charge in [-0.2, -0.15) is 0 Å². The Hall–Kier alpha value is -0.0400. The summed E-state index contributed by atoms with van der Waals surface area (Å²) in [6.45, 7) is 9.30. The Labute approximate surface area is 96.0 Å². The summed E-state index contributed by atoms with van der Waals surface area (Å²) in [6.07, 6.45) is 10.1. The SMILES string of the molecule is CCNCC(CC)(CC)CC1CCCC1. The van der Waals surface area contributed by atoms with Crippen LogP contribution in [0.3, 0.4) is 0 Å². The molecule has 1 nitrogen and oxygen atoms in total. The summed E-state index contributed by atoms with van der Waals surface area (Å²) in [5.74, 6) is 1.03. The van der Waals surface area contributed by atoms with Crippen molar-refractivity contribution in [3.63, 3.8) is 0 Å². The van der Waals surface area contributed by atoms with Gasteiger partial charge in [-0.3, -0.25) is 0 Å². The van der Waals surface area contributed by atoms with Gasteiger partial charge in [0.25, 0.3) is 0 Å². The monoisotopic (exact) mass is 211 g/mol. The highest BCUT2D eigenvalue weighted by atomic mass is 14.9. The van der Waals surface area contributed by atoms with Gasteiger partial charge in [0.05, 0.1) is 0 Å². The Balaban J connectivity index is 2.45. The van der Waals surface area contributed by atoms with Gasteiger partial charge in [-0.15, -0.1) is 0 Å². The fourth-order valence-electron chi connectivity index (χ4n) is 3.08. The van der Waals surface area contributed by atoms with Gasteiger partial charge >= 0.3 is 0 Å². The van der Waals surface area contributed by atoms with Crippen LogP contribution in [-0.2, 0) is 0 Å². The quantitative estimate of drug-likeness (QED) is 0.671. The molecule has 0 spiro atoms. The van der Waals surface area contributed by atoms with Crippen LogP contribution in [0.1, 0.15) is 65.7 Å². The van der Waals surface area contributed by atoms with Crippen molar-refractivity contribution in [1.82, 2.24) is 5.32 Å².